The number of amides is 1. The van der Waals surface area contributed by atoms with E-state index in [1.54, 1.807) is 0 Å². The molecule has 0 saturated carbocycles. The van der Waals surface area contributed by atoms with E-state index in [1.165, 1.54) is 11.1 Å². The molecule has 0 heterocycles. The van der Waals surface area contributed by atoms with Crippen molar-refractivity contribution in [1.29, 1.82) is 0 Å². The lowest BCUT2D eigenvalue weighted by molar-refractivity contribution is 0.0500. The van der Waals surface area contributed by atoms with Crippen molar-refractivity contribution in [2.75, 3.05) is 19.8 Å². The van der Waals surface area contributed by atoms with E-state index in [2.05, 4.69) is 36.5 Å². The first-order valence-corrected chi connectivity index (χ1v) is 6.97. The van der Waals surface area contributed by atoms with Crippen LogP contribution in [0, 0.1) is 6.92 Å². The molecule has 4 heteroatoms. The second-order valence-corrected chi connectivity index (χ2v) is 5.78. The predicted molar refractivity (Wildman–Crippen MR) is 79.9 cm³/mol. The number of ether oxygens (including phenoxy) is 2. The largest absolute Gasteiger partial charge is 0.444 e. The summed E-state index contributed by atoms with van der Waals surface area (Å²) in [7, 11) is 0. The average molecular weight is 279 g/mol. The molecule has 0 unspecified atom stereocenters. The first-order chi connectivity index (χ1) is 9.37. The van der Waals surface area contributed by atoms with Crippen LogP contribution in [0.25, 0.3) is 0 Å². The van der Waals surface area contributed by atoms with Crippen LogP contribution in [-0.4, -0.2) is 31.5 Å². The number of alkyl carbamates (subject to hydrolysis) is 1. The summed E-state index contributed by atoms with van der Waals surface area (Å²) in [5.74, 6) is 0. The van der Waals surface area contributed by atoms with Gasteiger partial charge in [0.25, 0.3) is 0 Å². The third-order valence-electron chi connectivity index (χ3n) is 2.57. The van der Waals surface area contributed by atoms with Gasteiger partial charge in [0.2, 0.25) is 0 Å². The lowest BCUT2D eigenvalue weighted by Gasteiger charge is -2.19. The first kappa shape index (κ1) is 16.5. The Morgan fingerprint density at radius 3 is 2.40 bits per heavy atom. The normalized spacial score (nSPS) is 11.2. The fraction of sp³-hybridized carbons (Fsp3) is 0.562. The van der Waals surface area contributed by atoms with Crippen molar-refractivity contribution in [2.45, 2.75) is 39.7 Å². The summed E-state index contributed by atoms with van der Waals surface area (Å²) in [5.41, 5.74) is 2.06. The molecule has 20 heavy (non-hydrogen) atoms. The molecule has 1 aromatic carbocycles. The molecule has 1 rings (SSSR count). The van der Waals surface area contributed by atoms with E-state index in [0.29, 0.717) is 19.8 Å². The van der Waals surface area contributed by atoms with E-state index >= 15 is 0 Å². The number of rotatable bonds is 6. The third-order valence-corrected chi connectivity index (χ3v) is 2.57. The van der Waals surface area contributed by atoms with Crippen molar-refractivity contribution in [2.24, 2.45) is 0 Å². The Balaban J connectivity index is 2.05. The van der Waals surface area contributed by atoms with E-state index in [9.17, 15) is 4.79 Å². The summed E-state index contributed by atoms with van der Waals surface area (Å²) < 4.78 is 10.6. The van der Waals surface area contributed by atoms with Gasteiger partial charge in [-0.3, -0.25) is 0 Å². The van der Waals surface area contributed by atoms with Gasteiger partial charge in [0, 0.05) is 6.54 Å². The Hall–Kier alpha value is -1.55. The summed E-state index contributed by atoms with van der Waals surface area (Å²) >= 11 is 0. The fourth-order valence-corrected chi connectivity index (χ4v) is 1.59. The molecule has 0 bridgehead atoms. The van der Waals surface area contributed by atoms with Crippen molar-refractivity contribution >= 4 is 6.09 Å². The Labute approximate surface area is 121 Å². The quantitative estimate of drug-likeness (QED) is 0.814. The van der Waals surface area contributed by atoms with Crippen LogP contribution in [-0.2, 0) is 15.9 Å². The van der Waals surface area contributed by atoms with Gasteiger partial charge in [0.15, 0.2) is 0 Å². The van der Waals surface area contributed by atoms with Crippen LogP contribution in [0.1, 0.15) is 31.9 Å². The Morgan fingerprint density at radius 2 is 1.80 bits per heavy atom. The first-order valence-electron chi connectivity index (χ1n) is 6.97. The molecule has 0 aliphatic heterocycles. The number of carbonyl (C=O) groups is 1. The lowest BCUT2D eigenvalue weighted by Crippen LogP contribution is -2.34. The van der Waals surface area contributed by atoms with Crippen LogP contribution < -0.4 is 5.32 Å². The van der Waals surface area contributed by atoms with Crippen LogP contribution >= 0.6 is 0 Å². The van der Waals surface area contributed by atoms with Crippen molar-refractivity contribution in [3.63, 3.8) is 0 Å². The topological polar surface area (TPSA) is 47.6 Å². The molecule has 0 aliphatic rings. The second-order valence-electron chi connectivity index (χ2n) is 5.78. The molecule has 1 N–H and O–H groups in total. The molecule has 0 radical (unpaired) electrons. The Bertz CT molecular complexity index is 407. The number of hydrogen-bond acceptors (Lipinski definition) is 3. The number of benzene rings is 1. The number of hydrogen-bond donors (Lipinski definition) is 1. The molecule has 0 saturated heterocycles. The third kappa shape index (κ3) is 7.79. The Kier molecular flexibility index (Phi) is 6.52. The van der Waals surface area contributed by atoms with Crippen LogP contribution in [0.15, 0.2) is 24.3 Å². The van der Waals surface area contributed by atoms with Crippen LogP contribution in [0.3, 0.4) is 0 Å². The van der Waals surface area contributed by atoms with E-state index in [-0.39, 0.29) is 0 Å². The van der Waals surface area contributed by atoms with E-state index in [4.69, 9.17) is 9.47 Å². The van der Waals surface area contributed by atoms with Crippen molar-refractivity contribution in [3.8, 4) is 0 Å². The fourth-order valence-electron chi connectivity index (χ4n) is 1.59. The van der Waals surface area contributed by atoms with Gasteiger partial charge in [-0.1, -0.05) is 29.8 Å². The zero-order chi connectivity index (χ0) is 15.0. The minimum atomic E-state index is -0.462. The van der Waals surface area contributed by atoms with Gasteiger partial charge in [0.1, 0.15) is 5.60 Å². The summed E-state index contributed by atoms with van der Waals surface area (Å²) in [4.78, 5) is 11.4. The maximum Gasteiger partial charge on any atom is 0.407 e. The highest BCUT2D eigenvalue weighted by molar-refractivity contribution is 5.67. The average Bonchev–Trinajstić information content (AvgIpc) is 2.33. The molecule has 1 amide bonds. The van der Waals surface area contributed by atoms with Crippen LogP contribution in [0.4, 0.5) is 4.79 Å². The zero-order valence-electron chi connectivity index (χ0n) is 12.9. The van der Waals surface area contributed by atoms with Gasteiger partial charge in [-0.15, -0.1) is 0 Å². The molecule has 1 aromatic rings. The van der Waals surface area contributed by atoms with Crippen molar-refractivity contribution in [3.05, 3.63) is 35.4 Å². The molecular weight excluding hydrogens is 254 g/mol. The number of carbonyl (C=O) groups excluding carboxylic acids is 1. The standard InChI is InChI=1S/C16H25NO3/c1-13-5-7-14(8-6-13)9-11-19-12-10-17-15(18)20-16(2,3)4/h5-8H,9-12H2,1-4H3,(H,17,18). The van der Waals surface area contributed by atoms with Gasteiger partial charge in [0.05, 0.1) is 13.2 Å². The summed E-state index contributed by atoms with van der Waals surface area (Å²) in [5, 5.41) is 2.66. The van der Waals surface area contributed by atoms with Gasteiger partial charge in [-0.05, 0) is 39.7 Å². The molecule has 0 aliphatic carbocycles. The highest BCUT2D eigenvalue weighted by Crippen LogP contribution is 2.06. The van der Waals surface area contributed by atoms with E-state index in [0.717, 1.165) is 6.42 Å². The Morgan fingerprint density at radius 1 is 1.15 bits per heavy atom. The highest BCUT2D eigenvalue weighted by atomic mass is 16.6. The summed E-state index contributed by atoms with van der Waals surface area (Å²) in [6.07, 6.45) is 0.479. The lowest BCUT2D eigenvalue weighted by atomic mass is 10.1. The molecule has 4 nitrogen and oxygen atoms in total. The molecular formula is C16H25NO3. The molecule has 0 aromatic heterocycles. The molecule has 0 atom stereocenters. The predicted octanol–water partition coefficient (Wildman–Crippen LogP) is 3.08. The zero-order valence-corrected chi connectivity index (χ0v) is 12.9. The maximum atomic E-state index is 11.4. The summed E-state index contributed by atoms with van der Waals surface area (Å²) in [6.45, 7) is 9.19. The molecule has 0 spiro atoms. The van der Waals surface area contributed by atoms with Gasteiger partial charge in [-0.25, -0.2) is 4.79 Å². The van der Waals surface area contributed by atoms with E-state index in [1.807, 2.05) is 20.8 Å². The van der Waals surface area contributed by atoms with Crippen molar-refractivity contribution < 1.29 is 14.3 Å². The molecule has 0 fully saturated rings. The summed E-state index contributed by atoms with van der Waals surface area (Å²) in [6, 6.07) is 8.41. The minimum absolute atomic E-state index is 0.403. The number of aryl methyl sites for hydroxylation is 1. The van der Waals surface area contributed by atoms with Gasteiger partial charge in [-0.2, -0.15) is 0 Å². The van der Waals surface area contributed by atoms with Gasteiger partial charge >= 0.3 is 6.09 Å². The van der Waals surface area contributed by atoms with Crippen LogP contribution in [0.2, 0.25) is 0 Å². The number of nitrogens with one attached hydrogen (secondary N) is 1. The maximum absolute atomic E-state index is 11.4. The van der Waals surface area contributed by atoms with Gasteiger partial charge < -0.3 is 14.8 Å². The SMILES string of the molecule is Cc1ccc(CCOCCNC(=O)OC(C)(C)C)cc1. The smallest absolute Gasteiger partial charge is 0.407 e. The molecule has 112 valence electrons. The van der Waals surface area contributed by atoms with Crippen LogP contribution in [0.5, 0.6) is 0 Å². The van der Waals surface area contributed by atoms with Crippen molar-refractivity contribution in [1.82, 2.24) is 5.32 Å². The van der Waals surface area contributed by atoms with E-state index < -0.39 is 11.7 Å². The highest BCUT2D eigenvalue weighted by Gasteiger charge is 2.15. The monoisotopic (exact) mass is 279 g/mol. The minimum Gasteiger partial charge on any atom is -0.444 e. The second kappa shape index (κ2) is 7.90.